The first-order chi connectivity index (χ1) is 7.76. The monoisotopic (exact) mass is 240 g/mol. The average molecular weight is 240 g/mol. The summed E-state index contributed by atoms with van der Waals surface area (Å²) in [6, 6.07) is 2.40. The molecule has 0 aromatic rings. The summed E-state index contributed by atoms with van der Waals surface area (Å²) in [5.41, 5.74) is 0. The van der Waals surface area contributed by atoms with Crippen molar-refractivity contribution in [1.82, 2.24) is 5.32 Å². The van der Waals surface area contributed by atoms with Gasteiger partial charge in [0.25, 0.3) is 0 Å². The van der Waals surface area contributed by atoms with Gasteiger partial charge in [-0.2, -0.15) is 17.0 Å². The molecule has 0 amide bonds. The van der Waals surface area contributed by atoms with Crippen molar-refractivity contribution in [2.75, 3.05) is 12.3 Å². The lowest BCUT2D eigenvalue weighted by Crippen LogP contribution is -2.31. The first-order valence-electron chi connectivity index (χ1n) is 6.50. The topological polar surface area (TPSA) is 35.8 Å². The van der Waals surface area contributed by atoms with E-state index in [1.807, 2.05) is 11.8 Å². The lowest BCUT2D eigenvalue weighted by Gasteiger charge is -2.26. The largest absolute Gasteiger partial charge is 0.301 e. The number of nitriles is 1. The Labute approximate surface area is 104 Å². The lowest BCUT2D eigenvalue weighted by molar-refractivity contribution is 0.394. The molecular weight excluding hydrogens is 216 g/mol. The highest BCUT2D eigenvalue weighted by molar-refractivity contribution is 7.99. The van der Waals surface area contributed by atoms with Crippen LogP contribution < -0.4 is 5.32 Å². The third-order valence-electron chi connectivity index (χ3n) is 3.18. The summed E-state index contributed by atoms with van der Waals surface area (Å²) in [4.78, 5) is 0. The van der Waals surface area contributed by atoms with Gasteiger partial charge in [-0.3, -0.25) is 0 Å². The minimum absolute atomic E-state index is 0.0437. The van der Waals surface area contributed by atoms with Gasteiger partial charge < -0.3 is 5.32 Å². The quantitative estimate of drug-likeness (QED) is 0.774. The highest BCUT2D eigenvalue weighted by Crippen LogP contribution is 2.32. The summed E-state index contributed by atoms with van der Waals surface area (Å²) in [5, 5.41) is 13.1. The molecule has 0 aromatic heterocycles. The number of nitrogens with one attached hydrogen (secondary N) is 1. The molecule has 1 saturated carbocycles. The van der Waals surface area contributed by atoms with Crippen molar-refractivity contribution in [3.63, 3.8) is 0 Å². The molecule has 0 radical (unpaired) electrons. The molecule has 3 atom stereocenters. The first kappa shape index (κ1) is 13.9. The molecule has 16 heavy (non-hydrogen) atoms. The number of hydrogen-bond acceptors (Lipinski definition) is 3. The zero-order chi connectivity index (χ0) is 11.8. The van der Waals surface area contributed by atoms with Crippen LogP contribution in [0.2, 0.25) is 0 Å². The first-order valence-corrected chi connectivity index (χ1v) is 7.55. The Hall–Kier alpha value is -0.200. The van der Waals surface area contributed by atoms with Gasteiger partial charge in [0.1, 0.15) is 6.04 Å². The molecule has 1 fully saturated rings. The summed E-state index contributed by atoms with van der Waals surface area (Å²) < 4.78 is 0. The van der Waals surface area contributed by atoms with Crippen molar-refractivity contribution in [2.24, 2.45) is 5.92 Å². The Morgan fingerprint density at radius 2 is 2.31 bits per heavy atom. The van der Waals surface area contributed by atoms with Crippen molar-refractivity contribution < 1.29 is 0 Å². The number of rotatable bonds is 6. The van der Waals surface area contributed by atoms with Crippen LogP contribution in [0, 0.1) is 17.2 Å². The predicted molar refractivity (Wildman–Crippen MR) is 71.6 cm³/mol. The van der Waals surface area contributed by atoms with E-state index in [1.54, 1.807) is 0 Å². The van der Waals surface area contributed by atoms with Gasteiger partial charge in [-0.25, -0.2) is 0 Å². The van der Waals surface area contributed by atoms with E-state index in [-0.39, 0.29) is 6.04 Å². The smallest absolute Gasteiger partial charge is 0.104 e. The Kier molecular flexibility index (Phi) is 6.91. The minimum atomic E-state index is 0.0437. The number of nitrogens with zero attached hydrogens (tertiary/aromatic N) is 1. The van der Waals surface area contributed by atoms with Crippen molar-refractivity contribution >= 4 is 11.8 Å². The maximum absolute atomic E-state index is 9.01. The molecule has 1 rings (SSSR count). The average Bonchev–Trinajstić information content (AvgIpc) is 2.29. The van der Waals surface area contributed by atoms with E-state index in [4.69, 9.17) is 5.26 Å². The second-order valence-corrected chi connectivity index (χ2v) is 6.20. The van der Waals surface area contributed by atoms with E-state index in [0.717, 1.165) is 29.9 Å². The van der Waals surface area contributed by atoms with Crippen molar-refractivity contribution in [3.8, 4) is 6.07 Å². The van der Waals surface area contributed by atoms with Crippen molar-refractivity contribution in [1.29, 1.82) is 5.26 Å². The summed E-state index contributed by atoms with van der Waals surface area (Å²) in [6.45, 7) is 5.45. The van der Waals surface area contributed by atoms with Crippen LogP contribution in [0.15, 0.2) is 0 Å². The highest BCUT2D eigenvalue weighted by Gasteiger charge is 2.20. The summed E-state index contributed by atoms with van der Waals surface area (Å²) in [7, 11) is 0. The van der Waals surface area contributed by atoms with Gasteiger partial charge in [0.15, 0.2) is 0 Å². The maximum Gasteiger partial charge on any atom is 0.104 e. The van der Waals surface area contributed by atoms with Crippen LogP contribution in [-0.2, 0) is 0 Å². The number of hydrogen-bond donors (Lipinski definition) is 1. The molecule has 0 spiro atoms. The van der Waals surface area contributed by atoms with E-state index >= 15 is 0 Å². The van der Waals surface area contributed by atoms with E-state index in [0.29, 0.717) is 0 Å². The van der Waals surface area contributed by atoms with Gasteiger partial charge in [0.05, 0.1) is 6.07 Å². The fourth-order valence-corrected chi connectivity index (χ4v) is 3.68. The standard InChI is InChI=1S/C13H24N2S/c1-3-7-15-12(9-14)10-16-13-6-4-5-11(2)8-13/h11-13,15H,3-8,10H2,1-2H3. The van der Waals surface area contributed by atoms with E-state index < -0.39 is 0 Å². The molecule has 3 heteroatoms. The Morgan fingerprint density at radius 3 is 2.94 bits per heavy atom. The SMILES string of the molecule is CCCNC(C#N)CSC1CCCC(C)C1. The number of thioether (sulfide) groups is 1. The normalized spacial score (nSPS) is 27.3. The van der Waals surface area contributed by atoms with Gasteiger partial charge in [0.2, 0.25) is 0 Å². The van der Waals surface area contributed by atoms with Crippen molar-refractivity contribution in [3.05, 3.63) is 0 Å². The van der Waals surface area contributed by atoms with Crippen LogP contribution in [0.4, 0.5) is 0 Å². The van der Waals surface area contributed by atoms with Crippen LogP contribution in [0.5, 0.6) is 0 Å². The predicted octanol–water partition coefficient (Wildman–Crippen LogP) is 3.19. The Balaban J connectivity index is 2.18. The molecule has 3 unspecified atom stereocenters. The molecule has 0 aromatic carbocycles. The third kappa shape index (κ3) is 5.23. The van der Waals surface area contributed by atoms with E-state index in [2.05, 4.69) is 25.2 Å². The van der Waals surface area contributed by atoms with Gasteiger partial charge in [-0.15, -0.1) is 0 Å². The maximum atomic E-state index is 9.01. The van der Waals surface area contributed by atoms with Crippen molar-refractivity contribution in [2.45, 2.75) is 57.2 Å². The Bertz CT molecular complexity index is 224. The lowest BCUT2D eigenvalue weighted by atomic mass is 9.91. The second-order valence-electron chi connectivity index (χ2n) is 4.86. The molecule has 2 nitrogen and oxygen atoms in total. The molecule has 0 saturated heterocycles. The van der Waals surface area contributed by atoms with Crippen LogP contribution >= 0.6 is 11.8 Å². The summed E-state index contributed by atoms with van der Waals surface area (Å²) in [6.07, 6.45) is 6.56. The molecule has 1 N–H and O–H groups in total. The zero-order valence-corrected chi connectivity index (χ0v) is 11.4. The van der Waals surface area contributed by atoms with Crippen LogP contribution in [0.3, 0.4) is 0 Å². The molecule has 1 aliphatic carbocycles. The highest BCUT2D eigenvalue weighted by atomic mass is 32.2. The fraction of sp³-hybridized carbons (Fsp3) is 0.923. The second kappa shape index (κ2) is 7.97. The molecule has 0 heterocycles. The van der Waals surface area contributed by atoms with Gasteiger partial charge in [-0.1, -0.05) is 26.7 Å². The van der Waals surface area contributed by atoms with E-state index in [1.165, 1.54) is 25.7 Å². The van der Waals surface area contributed by atoms with E-state index in [9.17, 15) is 0 Å². The molecular formula is C13H24N2S. The van der Waals surface area contributed by atoms with Crippen LogP contribution in [0.1, 0.15) is 46.0 Å². The fourth-order valence-electron chi connectivity index (χ4n) is 2.22. The Morgan fingerprint density at radius 1 is 1.50 bits per heavy atom. The van der Waals surface area contributed by atoms with Gasteiger partial charge >= 0.3 is 0 Å². The summed E-state index contributed by atoms with van der Waals surface area (Å²) >= 11 is 2.00. The molecule has 92 valence electrons. The van der Waals surface area contributed by atoms with Crippen LogP contribution in [-0.4, -0.2) is 23.6 Å². The summed E-state index contributed by atoms with van der Waals surface area (Å²) in [5.74, 6) is 1.84. The molecule has 1 aliphatic rings. The zero-order valence-electron chi connectivity index (χ0n) is 10.5. The third-order valence-corrected chi connectivity index (χ3v) is 4.61. The molecule has 0 bridgehead atoms. The minimum Gasteiger partial charge on any atom is -0.301 e. The van der Waals surface area contributed by atoms with Crippen LogP contribution in [0.25, 0.3) is 0 Å². The van der Waals surface area contributed by atoms with Gasteiger partial charge in [0, 0.05) is 11.0 Å². The van der Waals surface area contributed by atoms with Gasteiger partial charge in [-0.05, 0) is 31.7 Å². The molecule has 0 aliphatic heterocycles.